The summed E-state index contributed by atoms with van der Waals surface area (Å²) in [6.45, 7) is 3.37. The van der Waals surface area contributed by atoms with Crippen LogP contribution in [0.1, 0.15) is 43.7 Å². The van der Waals surface area contributed by atoms with Crippen molar-refractivity contribution in [3.63, 3.8) is 0 Å². The molecule has 1 aliphatic rings. The minimum absolute atomic E-state index is 0.133. The summed E-state index contributed by atoms with van der Waals surface area (Å²) in [5.74, 6) is 0.286. The maximum atomic E-state index is 11.5. The van der Waals surface area contributed by atoms with Gasteiger partial charge in [0.15, 0.2) is 0 Å². The summed E-state index contributed by atoms with van der Waals surface area (Å²) < 4.78 is 5.83. The van der Waals surface area contributed by atoms with Gasteiger partial charge < -0.3 is 14.6 Å². The molecule has 1 saturated heterocycles. The molecule has 6 nitrogen and oxygen atoms in total. The number of piperidine rings is 1. The Bertz CT molecular complexity index is 620. The molecule has 0 spiro atoms. The highest BCUT2D eigenvalue weighted by Gasteiger charge is 2.24. The first-order valence-corrected chi connectivity index (χ1v) is 7.64. The van der Waals surface area contributed by atoms with Gasteiger partial charge in [-0.25, -0.2) is 0 Å². The quantitative estimate of drug-likeness (QED) is 0.938. The van der Waals surface area contributed by atoms with Gasteiger partial charge in [-0.15, -0.1) is 5.10 Å². The summed E-state index contributed by atoms with van der Waals surface area (Å²) in [5, 5.41) is 11.2. The standard InChI is InChI=1S/C16H20N4O2/c1-12(21)17-14(13-8-4-2-5-9-13)15-18-19-16(22-15)20-10-6-3-7-11-20/h2,4-5,8-9,14H,3,6-7,10-11H2,1H3,(H,17,21). The fourth-order valence-corrected chi connectivity index (χ4v) is 2.69. The molecule has 22 heavy (non-hydrogen) atoms. The summed E-state index contributed by atoms with van der Waals surface area (Å²) in [6.07, 6.45) is 3.53. The van der Waals surface area contributed by atoms with E-state index >= 15 is 0 Å². The number of aromatic nitrogens is 2. The molecule has 1 fully saturated rings. The fraction of sp³-hybridized carbons (Fsp3) is 0.438. The molecular formula is C16H20N4O2. The van der Waals surface area contributed by atoms with Gasteiger partial charge in [-0.2, -0.15) is 0 Å². The van der Waals surface area contributed by atoms with Gasteiger partial charge in [-0.3, -0.25) is 4.79 Å². The van der Waals surface area contributed by atoms with Gasteiger partial charge in [-0.1, -0.05) is 35.4 Å². The Morgan fingerprint density at radius 2 is 1.91 bits per heavy atom. The van der Waals surface area contributed by atoms with Crippen molar-refractivity contribution in [1.82, 2.24) is 15.5 Å². The average molecular weight is 300 g/mol. The summed E-state index contributed by atoms with van der Waals surface area (Å²) >= 11 is 0. The maximum Gasteiger partial charge on any atom is 0.318 e. The van der Waals surface area contributed by atoms with Crippen molar-refractivity contribution in [1.29, 1.82) is 0 Å². The summed E-state index contributed by atoms with van der Waals surface area (Å²) in [6, 6.07) is 9.78. The minimum Gasteiger partial charge on any atom is -0.405 e. The Kier molecular flexibility index (Phi) is 4.37. The molecule has 6 heteroatoms. The maximum absolute atomic E-state index is 11.5. The SMILES string of the molecule is CC(=O)NC(c1ccccc1)c1nnc(N2CCCCC2)o1. The predicted octanol–water partition coefficient (Wildman–Crippen LogP) is 2.29. The molecule has 0 aliphatic carbocycles. The van der Waals surface area contributed by atoms with Crippen LogP contribution in [0.2, 0.25) is 0 Å². The Hall–Kier alpha value is -2.37. The third-order valence-electron chi connectivity index (χ3n) is 3.78. The lowest BCUT2D eigenvalue weighted by Gasteiger charge is -2.24. The zero-order valence-electron chi connectivity index (χ0n) is 12.7. The Morgan fingerprint density at radius 3 is 2.59 bits per heavy atom. The number of hydrogen-bond donors (Lipinski definition) is 1. The molecule has 1 aliphatic heterocycles. The van der Waals surface area contributed by atoms with Crippen LogP contribution in [0.3, 0.4) is 0 Å². The Labute approximate surface area is 129 Å². The van der Waals surface area contributed by atoms with E-state index in [1.807, 2.05) is 30.3 Å². The number of nitrogens with one attached hydrogen (secondary N) is 1. The number of carbonyl (C=O) groups excluding carboxylic acids is 1. The molecule has 1 aromatic heterocycles. The fourth-order valence-electron chi connectivity index (χ4n) is 2.69. The second kappa shape index (κ2) is 6.60. The highest BCUT2D eigenvalue weighted by Crippen LogP contribution is 2.25. The molecule has 1 unspecified atom stereocenters. The lowest BCUT2D eigenvalue weighted by Crippen LogP contribution is -2.29. The van der Waals surface area contributed by atoms with Crippen molar-refractivity contribution >= 4 is 11.9 Å². The third-order valence-corrected chi connectivity index (χ3v) is 3.78. The average Bonchev–Trinajstić information content (AvgIpc) is 3.04. The third kappa shape index (κ3) is 3.27. The van der Waals surface area contributed by atoms with Crippen molar-refractivity contribution in [2.45, 2.75) is 32.2 Å². The first kappa shape index (κ1) is 14.6. The summed E-state index contributed by atoms with van der Waals surface area (Å²) in [4.78, 5) is 13.6. The number of rotatable bonds is 4. The van der Waals surface area contributed by atoms with Crippen LogP contribution in [0, 0.1) is 0 Å². The summed E-state index contributed by atoms with van der Waals surface area (Å²) in [7, 11) is 0. The number of carbonyl (C=O) groups is 1. The van der Waals surface area contributed by atoms with Gasteiger partial charge in [0.1, 0.15) is 6.04 Å². The molecule has 1 amide bonds. The number of hydrogen-bond acceptors (Lipinski definition) is 5. The summed E-state index contributed by atoms with van der Waals surface area (Å²) in [5.41, 5.74) is 0.923. The minimum atomic E-state index is -0.412. The zero-order chi connectivity index (χ0) is 15.4. The van der Waals surface area contributed by atoms with E-state index in [1.165, 1.54) is 13.3 Å². The monoisotopic (exact) mass is 300 g/mol. The Morgan fingerprint density at radius 1 is 1.18 bits per heavy atom. The normalized spacial score (nSPS) is 16.3. The molecule has 0 radical (unpaired) electrons. The van der Waals surface area contributed by atoms with Crippen LogP contribution in [0.5, 0.6) is 0 Å². The van der Waals surface area contributed by atoms with Crippen molar-refractivity contribution in [2.24, 2.45) is 0 Å². The van der Waals surface area contributed by atoms with Crippen molar-refractivity contribution in [3.8, 4) is 0 Å². The van der Waals surface area contributed by atoms with Crippen molar-refractivity contribution in [3.05, 3.63) is 41.8 Å². The molecule has 1 N–H and O–H groups in total. The van der Waals surface area contributed by atoms with Gasteiger partial charge in [-0.05, 0) is 24.8 Å². The van der Waals surface area contributed by atoms with Crippen LogP contribution in [-0.4, -0.2) is 29.2 Å². The number of amides is 1. The first-order chi connectivity index (χ1) is 10.7. The number of nitrogens with zero attached hydrogens (tertiary/aromatic N) is 3. The molecule has 2 heterocycles. The van der Waals surface area contributed by atoms with Gasteiger partial charge in [0.25, 0.3) is 0 Å². The highest BCUT2D eigenvalue weighted by atomic mass is 16.4. The van der Waals surface area contributed by atoms with E-state index in [-0.39, 0.29) is 5.91 Å². The van der Waals surface area contributed by atoms with Crippen LogP contribution in [0.4, 0.5) is 6.01 Å². The predicted molar refractivity (Wildman–Crippen MR) is 82.5 cm³/mol. The lowest BCUT2D eigenvalue weighted by molar-refractivity contribution is -0.119. The second-order valence-corrected chi connectivity index (χ2v) is 5.51. The smallest absolute Gasteiger partial charge is 0.318 e. The van der Waals surface area contributed by atoms with E-state index < -0.39 is 6.04 Å². The lowest BCUT2D eigenvalue weighted by atomic mass is 10.1. The number of benzene rings is 1. The van der Waals surface area contributed by atoms with Gasteiger partial charge in [0, 0.05) is 20.0 Å². The van der Waals surface area contributed by atoms with E-state index in [2.05, 4.69) is 20.4 Å². The second-order valence-electron chi connectivity index (χ2n) is 5.51. The van der Waals surface area contributed by atoms with Gasteiger partial charge >= 0.3 is 6.01 Å². The van der Waals surface area contributed by atoms with Gasteiger partial charge in [0.2, 0.25) is 11.8 Å². The van der Waals surface area contributed by atoms with Crippen LogP contribution in [0.25, 0.3) is 0 Å². The van der Waals surface area contributed by atoms with Crippen molar-refractivity contribution < 1.29 is 9.21 Å². The van der Waals surface area contributed by atoms with E-state index in [0.29, 0.717) is 11.9 Å². The van der Waals surface area contributed by atoms with Crippen LogP contribution in [-0.2, 0) is 4.79 Å². The van der Waals surface area contributed by atoms with E-state index in [1.54, 1.807) is 0 Å². The van der Waals surface area contributed by atoms with E-state index in [9.17, 15) is 4.79 Å². The molecular weight excluding hydrogens is 280 g/mol. The molecule has 1 aromatic carbocycles. The molecule has 3 rings (SSSR count). The highest BCUT2D eigenvalue weighted by molar-refractivity contribution is 5.73. The molecule has 0 saturated carbocycles. The topological polar surface area (TPSA) is 71.3 Å². The number of anilines is 1. The van der Waals surface area contributed by atoms with Crippen LogP contribution in [0.15, 0.2) is 34.7 Å². The molecule has 0 bridgehead atoms. The largest absolute Gasteiger partial charge is 0.405 e. The van der Waals surface area contributed by atoms with Crippen LogP contribution < -0.4 is 10.2 Å². The van der Waals surface area contributed by atoms with E-state index in [4.69, 9.17) is 4.42 Å². The molecule has 2 aromatic rings. The zero-order valence-corrected chi connectivity index (χ0v) is 12.7. The first-order valence-electron chi connectivity index (χ1n) is 7.64. The van der Waals surface area contributed by atoms with Crippen molar-refractivity contribution in [2.75, 3.05) is 18.0 Å². The van der Waals surface area contributed by atoms with Gasteiger partial charge in [0.05, 0.1) is 0 Å². The Balaban J connectivity index is 1.85. The molecule has 1 atom stereocenters. The van der Waals surface area contributed by atoms with E-state index in [0.717, 1.165) is 31.5 Å². The molecule has 116 valence electrons. The van der Waals surface area contributed by atoms with Crippen LogP contribution >= 0.6 is 0 Å².